The van der Waals surface area contributed by atoms with Crippen molar-refractivity contribution in [1.29, 1.82) is 0 Å². The minimum Gasteiger partial charge on any atom is -0.352 e. The van der Waals surface area contributed by atoms with Gasteiger partial charge < -0.3 is 5.32 Å². The fourth-order valence-corrected chi connectivity index (χ4v) is 6.57. The highest BCUT2D eigenvalue weighted by molar-refractivity contribution is 8.00. The van der Waals surface area contributed by atoms with E-state index >= 15 is 0 Å². The van der Waals surface area contributed by atoms with E-state index in [1.807, 2.05) is 46.8 Å². The van der Waals surface area contributed by atoms with E-state index in [0.717, 1.165) is 23.1 Å². The van der Waals surface area contributed by atoms with Crippen LogP contribution in [0.2, 0.25) is 0 Å². The van der Waals surface area contributed by atoms with Gasteiger partial charge in [0.25, 0.3) is 0 Å². The molecule has 1 aliphatic heterocycles. The van der Waals surface area contributed by atoms with Crippen LogP contribution in [0.15, 0.2) is 17.0 Å². The topological polar surface area (TPSA) is 66.5 Å². The van der Waals surface area contributed by atoms with Gasteiger partial charge in [-0.25, -0.2) is 8.42 Å². The molecular formula is C17H26N2O3S2. The van der Waals surface area contributed by atoms with Gasteiger partial charge in [-0.05, 0) is 45.2 Å². The summed E-state index contributed by atoms with van der Waals surface area (Å²) < 4.78 is 27.7. The van der Waals surface area contributed by atoms with E-state index < -0.39 is 16.1 Å². The number of carbonyl (C=O) groups excluding carboxylic acids is 1. The van der Waals surface area contributed by atoms with Gasteiger partial charge in [-0.3, -0.25) is 4.79 Å². The molecule has 0 bridgehead atoms. The van der Waals surface area contributed by atoms with E-state index in [1.165, 1.54) is 16.1 Å². The molecule has 2 unspecified atom stereocenters. The second-order valence-corrected chi connectivity index (χ2v) is 9.28. The predicted molar refractivity (Wildman–Crippen MR) is 98.7 cm³/mol. The maximum absolute atomic E-state index is 13.2. The van der Waals surface area contributed by atoms with Crippen molar-refractivity contribution in [3.8, 4) is 0 Å². The monoisotopic (exact) mass is 370 g/mol. The number of sulfonamides is 1. The van der Waals surface area contributed by atoms with Gasteiger partial charge in [-0.2, -0.15) is 4.31 Å². The van der Waals surface area contributed by atoms with E-state index in [-0.39, 0.29) is 11.9 Å². The number of hydrogen-bond acceptors (Lipinski definition) is 4. The summed E-state index contributed by atoms with van der Waals surface area (Å²) in [5, 5.41) is 2.90. The number of rotatable bonds is 5. The Labute approximate surface area is 149 Å². The van der Waals surface area contributed by atoms with Crippen LogP contribution in [0.25, 0.3) is 0 Å². The Hall–Kier alpha value is -1.05. The first kappa shape index (κ1) is 19.3. The van der Waals surface area contributed by atoms with Crippen molar-refractivity contribution in [2.24, 2.45) is 0 Å². The van der Waals surface area contributed by atoms with Crippen molar-refractivity contribution < 1.29 is 13.2 Å². The first-order valence-electron chi connectivity index (χ1n) is 8.16. The lowest BCUT2D eigenvalue weighted by atomic mass is 10.1. The maximum Gasteiger partial charge on any atom is 0.245 e. The Kier molecular flexibility index (Phi) is 5.99. The molecule has 1 fully saturated rings. The molecule has 1 N–H and O–H groups in total. The van der Waals surface area contributed by atoms with Crippen molar-refractivity contribution in [2.45, 2.75) is 58.0 Å². The molecule has 2 rings (SSSR count). The fourth-order valence-electron chi connectivity index (χ4n) is 3.00. The molecule has 1 saturated heterocycles. The standard InChI is InChI=1S/C17H26N2O3S2/c1-6-14(5)18-17(20)15-9-23-10-19(15)24(21,22)16-12(3)7-11(2)8-13(16)4/h7-8,14-15H,6,9-10H2,1-5H3,(H,18,20). The zero-order valence-electron chi connectivity index (χ0n) is 14.9. The van der Waals surface area contributed by atoms with Gasteiger partial charge in [0, 0.05) is 11.8 Å². The number of aryl methyl sites for hydroxylation is 3. The van der Waals surface area contributed by atoms with Gasteiger partial charge >= 0.3 is 0 Å². The number of amides is 1. The molecule has 0 spiro atoms. The molecule has 0 saturated carbocycles. The third-order valence-electron chi connectivity index (χ3n) is 4.32. The molecule has 134 valence electrons. The largest absolute Gasteiger partial charge is 0.352 e. The van der Waals surface area contributed by atoms with Gasteiger partial charge in [0.2, 0.25) is 15.9 Å². The van der Waals surface area contributed by atoms with Crippen LogP contribution in [-0.4, -0.2) is 42.3 Å². The second kappa shape index (κ2) is 7.45. The van der Waals surface area contributed by atoms with E-state index in [0.29, 0.717) is 16.5 Å². The van der Waals surface area contributed by atoms with Crippen LogP contribution in [0.5, 0.6) is 0 Å². The molecular weight excluding hydrogens is 344 g/mol. The number of carbonyl (C=O) groups is 1. The third-order valence-corrected chi connectivity index (χ3v) is 7.65. The van der Waals surface area contributed by atoms with Crippen LogP contribution in [-0.2, 0) is 14.8 Å². The van der Waals surface area contributed by atoms with Crippen LogP contribution in [0.1, 0.15) is 37.0 Å². The highest BCUT2D eigenvalue weighted by atomic mass is 32.2. The van der Waals surface area contributed by atoms with Crippen LogP contribution in [0.4, 0.5) is 0 Å². The third kappa shape index (κ3) is 3.78. The molecule has 24 heavy (non-hydrogen) atoms. The van der Waals surface area contributed by atoms with Crippen molar-refractivity contribution in [2.75, 3.05) is 11.6 Å². The SMILES string of the molecule is CCC(C)NC(=O)C1CSCN1S(=O)(=O)c1c(C)cc(C)cc1C. The fraction of sp³-hybridized carbons (Fsp3) is 0.588. The Balaban J connectivity index is 2.37. The molecule has 1 aromatic carbocycles. The Morgan fingerprint density at radius 2 is 1.92 bits per heavy atom. The second-order valence-electron chi connectivity index (χ2n) is 6.45. The van der Waals surface area contributed by atoms with Crippen molar-refractivity contribution in [3.63, 3.8) is 0 Å². The Morgan fingerprint density at radius 3 is 2.46 bits per heavy atom. The van der Waals surface area contributed by atoms with Crippen molar-refractivity contribution in [3.05, 3.63) is 28.8 Å². The first-order valence-corrected chi connectivity index (χ1v) is 10.8. The number of nitrogens with zero attached hydrogens (tertiary/aromatic N) is 1. The number of thioether (sulfide) groups is 1. The van der Waals surface area contributed by atoms with E-state index in [9.17, 15) is 13.2 Å². The molecule has 0 aromatic heterocycles. The number of nitrogens with one attached hydrogen (secondary N) is 1. The average Bonchev–Trinajstić information content (AvgIpc) is 2.95. The zero-order chi connectivity index (χ0) is 18.1. The molecule has 0 aliphatic carbocycles. The van der Waals surface area contributed by atoms with Gasteiger partial charge in [0.1, 0.15) is 6.04 Å². The zero-order valence-corrected chi connectivity index (χ0v) is 16.6. The molecule has 1 heterocycles. The summed E-state index contributed by atoms with van der Waals surface area (Å²) in [6, 6.07) is 3.14. The van der Waals surface area contributed by atoms with Crippen LogP contribution in [0, 0.1) is 20.8 Å². The molecule has 1 aromatic rings. The Morgan fingerprint density at radius 1 is 1.33 bits per heavy atom. The minimum atomic E-state index is -3.70. The van der Waals surface area contributed by atoms with Crippen LogP contribution < -0.4 is 5.32 Å². The number of benzene rings is 1. The van der Waals surface area contributed by atoms with Gasteiger partial charge in [0.05, 0.1) is 10.8 Å². The lowest BCUT2D eigenvalue weighted by Crippen LogP contribution is -2.49. The highest BCUT2D eigenvalue weighted by Gasteiger charge is 2.41. The summed E-state index contributed by atoms with van der Waals surface area (Å²) in [4.78, 5) is 12.8. The summed E-state index contributed by atoms with van der Waals surface area (Å²) in [6.07, 6.45) is 0.814. The summed E-state index contributed by atoms with van der Waals surface area (Å²) in [7, 11) is -3.70. The van der Waals surface area contributed by atoms with Gasteiger partial charge in [-0.1, -0.05) is 24.6 Å². The lowest BCUT2D eigenvalue weighted by Gasteiger charge is -2.25. The van der Waals surface area contributed by atoms with E-state index in [4.69, 9.17) is 0 Å². The molecule has 1 aliphatic rings. The van der Waals surface area contributed by atoms with Gasteiger partial charge in [-0.15, -0.1) is 11.8 Å². The van der Waals surface area contributed by atoms with Crippen molar-refractivity contribution in [1.82, 2.24) is 9.62 Å². The molecule has 5 nitrogen and oxygen atoms in total. The average molecular weight is 371 g/mol. The van der Waals surface area contributed by atoms with E-state index in [2.05, 4.69) is 5.32 Å². The molecule has 0 radical (unpaired) electrons. The molecule has 1 amide bonds. The van der Waals surface area contributed by atoms with Crippen molar-refractivity contribution >= 4 is 27.7 Å². The summed E-state index contributed by atoms with van der Waals surface area (Å²) in [5.74, 6) is 0.597. The summed E-state index contributed by atoms with van der Waals surface area (Å²) in [5.41, 5.74) is 2.49. The van der Waals surface area contributed by atoms with E-state index in [1.54, 1.807) is 0 Å². The molecule has 7 heteroatoms. The molecule has 2 atom stereocenters. The maximum atomic E-state index is 13.2. The van der Waals surface area contributed by atoms with Crippen LogP contribution >= 0.6 is 11.8 Å². The quantitative estimate of drug-likeness (QED) is 0.865. The van der Waals surface area contributed by atoms with Gasteiger partial charge in [0.15, 0.2) is 0 Å². The lowest BCUT2D eigenvalue weighted by molar-refractivity contribution is -0.124. The first-order chi connectivity index (χ1) is 11.2. The minimum absolute atomic E-state index is 0.0375. The Bertz CT molecular complexity index is 708. The smallest absolute Gasteiger partial charge is 0.245 e. The highest BCUT2D eigenvalue weighted by Crippen LogP contribution is 2.32. The normalized spacial score (nSPS) is 20.1. The summed E-state index contributed by atoms with van der Waals surface area (Å²) in [6.45, 7) is 9.48. The number of hydrogen-bond donors (Lipinski definition) is 1. The predicted octanol–water partition coefficient (Wildman–Crippen LogP) is 2.59. The van der Waals surface area contributed by atoms with Crippen LogP contribution in [0.3, 0.4) is 0 Å². The summed E-state index contributed by atoms with van der Waals surface area (Å²) >= 11 is 1.48.